The molecule has 2 saturated carbocycles. The fourth-order valence-electron chi connectivity index (χ4n) is 9.06. The molecular weight excluding hydrogens is 1690 g/mol. The third kappa shape index (κ3) is 262. The number of unbranched alkanes of at least 4 members (excludes halogenated alkanes) is 4. The normalized spacial score (nSPS) is 13.1. The number of methoxy groups -OCH3 is 5. The largest absolute Gasteiger partial charge is 0.385 e. The zero-order valence-electron chi connectivity index (χ0n) is 102. The van der Waals surface area contributed by atoms with Crippen LogP contribution in [0.2, 0.25) is 0 Å². The first-order valence-electron chi connectivity index (χ1n) is 55.3. The van der Waals surface area contributed by atoms with Gasteiger partial charge in [-0.3, -0.25) is 0 Å². The van der Waals surface area contributed by atoms with Gasteiger partial charge in [-0.2, -0.15) is 0 Å². The highest BCUT2D eigenvalue weighted by atomic mass is 16.5. The van der Waals surface area contributed by atoms with E-state index in [1.165, 1.54) is 148 Å². The topological polar surface area (TPSA) is 175 Å². The molecule has 0 aliphatic heterocycles. The Morgan fingerprint density at radius 2 is 0.485 bits per heavy atom. The van der Waals surface area contributed by atoms with E-state index in [1.807, 2.05) is 104 Å². The molecule has 2 fully saturated rings. The minimum absolute atomic E-state index is 0.0417. The second-order valence-corrected chi connectivity index (χ2v) is 36.7. The van der Waals surface area contributed by atoms with Crippen molar-refractivity contribution >= 4 is 0 Å². The molecule has 0 spiro atoms. The van der Waals surface area contributed by atoms with Crippen LogP contribution in [0, 0.1) is 0 Å². The first-order chi connectivity index (χ1) is 63.1. The average molecular weight is 1950 g/mol. The van der Waals surface area contributed by atoms with Crippen LogP contribution in [-0.2, 0) is 90.0 Å². The Kier molecular flexibility index (Phi) is 203. The third-order valence-electron chi connectivity index (χ3n) is 17.7. The van der Waals surface area contributed by atoms with Gasteiger partial charge in [-0.1, -0.05) is 174 Å². The monoisotopic (exact) mass is 1950 g/mol. The van der Waals surface area contributed by atoms with Crippen molar-refractivity contribution in [2.24, 2.45) is 0 Å². The highest BCUT2D eigenvalue weighted by molar-refractivity contribution is 4.66. The van der Waals surface area contributed by atoms with Crippen molar-refractivity contribution in [2.45, 2.75) is 608 Å². The van der Waals surface area contributed by atoms with Crippen LogP contribution in [0.1, 0.15) is 518 Å². The predicted molar refractivity (Wildman–Crippen MR) is 597 cm³/mol. The zero-order chi connectivity index (χ0) is 108. The van der Waals surface area contributed by atoms with Crippen molar-refractivity contribution in [2.75, 3.05) is 154 Å². The SMILES string of the molecule is CCC(C)OC.CCCC(C)OC.CCCCOC(C)C.CCCCOC(C)CC.CCCCOC(C)CCC.CCCCOCC.CCCOC(C)C.CCCOC(C)CC.CCCOC(C)CCC.CCCOCC.CCOC.CCOC(C)(C)C.CCOC(C)(C)C.CCOC(C)C.CCOC1CCCC1.CCOC1CCCCC1.CCOCC.COC(C)(C)C.COC(C)C. The van der Waals surface area contributed by atoms with E-state index in [9.17, 15) is 0 Å². The molecule has 134 heavy (non-hydrogen) atoms. The van der Waals surface area contributed by atoms with E-state index in [-0.39, 0.29) is 16.8 Å². The van der Waals surface area contributed by atoms with E-state index >= 15 is 0 Å². The second-order valence-electron chi connectivity index (χ2n) is 36.7. The molecule has 0 aromatic rings. The standard InChI is InChI=1S/C9H20O.C8H16O.2C8H18O.C7H14O.2C7H16O.5C6H14O.4C5H12O.2C4H10O.C3H8O/c1-4-6-8-10-9(3)7-5-2;1-2-9-8-6-4-3-5-7-8;1-4-6-7-9-8(3)5-2;1-4-6-8(3)9-7-5-2;1-2-8-7-5-3-4-6-7;1-4-5-6-8-7(2)3;1-4-6-8-7(3)5-2;2*1-5-7-6(2,3)4;1-4-5-6(2)7-3;1-4-5-7-6(2)3;1-3-5-6-7-4-2;1-5(2,3)6-4;1-4-5(2)6-3;1-4-6-5(2)3;1-3-5-6-4-2;1-4(2)5-3;1-3-5-4-2;1-3-4-2/h9H,4-8H2,1-3H3;8H,2-7H2,1H3;2*8H,4-7H2,1-3H3;7H,2-6H2,1H3;2*7H,4-6H2,1-3H3;2*5H2,1-4H3;2*6H,4-5H2,1-3H3;3-6H2,1-2H3;1-4H3;2*5H,4H2,1-3H3;3-5H2,1-2H3;4H,1-3H3;3-4H2,1-2H3;3H2,1-2H3. The van der Waals surface area contributed by atoms with Crippen LogP contribution in [0.15, 0.2) is 0 Å². The maximum Gasteiger partial charge on any atom is 0.0598 e. The maximum atomic E-state index is 5.52. The summed E-state index contributed by atoms with van der Waals surface area (Å²) in [5, 5.41) is 0. The lowest BCUT2D eigenvalue weighted by molar-refractivity contribution is 0.00490. The number of hydrogen-bond acceptors (Lipinski definition) is 19. The summed E-state index contributed by atoms with van der Waals surface area (Å²) in [7, 11) is 8.57. The van der Waals surface area contributed by atoms with Gasteiger partial charge >= 0.3 is 0 Å². The molecule has 19 heteroatoms. The third-order valence-corrected chi connectivity index (χ3v) is 17.7. The molecule has 6 atom stereocenters. The van der Waals surface area contributed by atoms with E-state index in [0.717, 1.165) is 164 Å². The first-order valence-corrected chi connectivity index (χ1v) is 55.3. The summed E-state index contributed by atoms with van der Waals surface area (Å²) < 4.78 is 97.6. The molecule has 0 aromatic heterocycles. The van der Waals surface area contributed by atoms with Crippen molar-refractivity contribution in [3.63, 3.8) is 0 Å². The Balaban J connectivity index is -0.0000000721. The van der Waals surface area contributed by atoms with Crippen LogP contribution >= 0.6 is 0 Å². The molecule has 2 aliphatic rings. The van der Waals surface area contributed by atoms with Crippen LogP contribution < -0.4 is 0 Å². The van der Waals surface area contributed by atoms with Crippen LogP contribution in [0.5, 0.6) is 0 Å². The van der Waals surface area contributed by atoms with Gasteiger partial charge in [-0.05, 0) is 344 Å². The molecule has 838 valence electrons. The molecule has 0 saturated heterocycles. The molecule has 0 bridgehead atoms. The Morgan fingerprint density at radius 3 is 0.664 bits per heavy atom. The minimum atomic E-state index is 0.0417. The number of hydrogen-bond donors (Lipinski definition) is 0. The molecule has 6 unspecified atom stereocenters. The average Bonchev–Trinajstić information content (AvgIpc) is 1.78. The number of ether oxygens (including phenoxy) is 19. The number of rotatable bonds is 51. The van der Waals surface area contributed by atoms with Gasteiger partial charge in [0.1, 0.15) is 0 Å². The summed E-state index contributed by atoms with van der Waals surface area (Å²) in [6, 6.07) is 0. The van der Waals surface area contributed by atoms with Crippen LogP contribution in [-0.4, -0.2) is 245 Å². The van der Waals surface area contributed by atoms with E-state index in [1.54, 1.807) is 35.5 Å². The fourth-order valence-corrected chi connectivity index (χ4v) is 9.06. The van der Waals surface area contributed by atoms with Crippen molar-refractivity contribution < 1.29 is 90.0 Å². The lowest BCUT2D eigenvalue weighted by atomic mass is 9.98. The van der Waals surface area contributed by atoms with Gasteiger partial charge < -0.3 is 90.0 Å². The second kappa shape index (κ2) is 158. The van der Waals surface area contributed by atoms with Gasteiger partial charge in [-0.15, -0.1) is 0 Å². The Bertz CT molecular complexity index is 1670. The molecule has 0 N–H and O–H groups in total. The van der Waals surface area contributed by atoms with Crippen molar-refractivity contribution in [3.8, 4) is 0 Å². The Labute approximate surface area is 848 Å². The summed E-state index contributed by atoms with van der Waals surface area (Å²) in [6.45, 7) is 113. The Morgan fingerprint density at radius 1 is 0.224 bits per heavy atom. The van der Waals surface area contributed by atoms with Gasteiger partial charge in [-0.25, -0.2) is 0 Å². The molecule has 0 heterocycles. The van der Waals surface area contributed by atoms with Gasteiger partial charge in [0.25, 0.3) is 0 Å². The first kappa shape index (κ1) is 172. The van der Waals surface area contributed by atoms with Crippen molar-refractivity contribution in [3.05, 3.63) is 0 Å². The van der Waals surface area contributed by atoms with Crippen LogP contribution in [0.4, 0.5) is 0 Å². The van der Waals surface area contributed by atoms with Crippen LogP contribution in [0.25, 0.3) is 0 Å². The predicted octanol–water partition coefficient (Wildman–Crippen LogP) is 34.5. The van der Waals surface area contributed by atoms with Crippen LogP contribution in [0.3, 0.4) is 0 Å². The molecule has 0 radical (unpaired) electrons. The summed E-state index contributed by atoms with van der Waals surface area (Å²) >= 11 is 0. The Hall–Kier alpha value is -0.760. The van der Waals surface area contributed by atoms with E-state index in [0.29, 0.717) is 73.2 Å². The molecule has 2 aliphatic carbocycles. The zero-order valence-corrected chi connectivity index (χ0v) is 102. The molecular formula is C115H264O19. The van der Waals surface area contributed by atoms with Gasteiger partial charge in [0.05, 0.1) is 90.1 Å². The lowest BCUT2D eigenvalue weighted by Crippen LogP contribution is -2.18. The van der Waals surface area contributed by atoms with Gasteiger partial charge in [0.2, 0.25) is 0 Å². The minimum Gasteiger partial charge on any atom is -0.385 e. The smallest absolute Gasteiger partial charge is 0.0598 e. The van der Waals surface area contributed by atoms with Crippen molar-refractivity contribution in [1.82, 2.24) is 0 Å². The highest BCUT2D eigenvalue weighted by Gasteiger charge is 2.14. The maximum absolute atomic E-state index is 5.52. The summed E-state index contributed by atoms with van der Waals surface area (Å²) in [6.07, 6.45) is 42.5. The van der Waals surface area contributed by atoms with E-state index < -0.39 is 0 Å². The summed E-state index contributed by atoms with van der Waals surface area (Å²) in [4.78, 5) is 0. The summed E-state index contributed by atoms with van der Waals surface area (Å²) in [5.74, 6) is 0. The lowest BCUT2D eigenvalue weighted by Gasteiger charge is -2.20. The van der Waals surface area contributed by atoms with E-state index in [2.05, 4.69) is 226 Å². The fraction of sp³-hybridized carbons (Fsp3) is 1.00. The molecule has 0 amide bonds. The van der Waals surface area contributed by atoms with Gasteiger partial charge in [0.15, 0.2) is 0 Å². The molecule has 19 nitrogen and oxygen atoms in total. The highest BCUT2D eigenvalue weighted by Crippen LogP contribution is 2.21. The van der Waals surface area contributed by atoms with E-state index in [4.69, 9.17) is 85.3 Å². The summed E-state index contributed by atoms with van der Waals surface area (Å²) in [5.41, 5.74) is 0.142. The van der Waals surface area contributed by atoms with Crippen molar-refractivity contribution in [1.29, 1.82) is 0 Å². The molecule has 0 aromatic carbocycles. The molecule has 2 rings (SSSR count). The van der Waals surface area contributed by atoms with Gasteiger partial charge in [0, 0.05) is 154 Å². The quantitative estimate of drug-likeness (QED) is 0.0525.